The van der Waals surface area contributed by atoms with Crippen molar-refractivity contribution in [1.29, 1.82) is 0 Å². The van der Waals surface area contributed by atoms with Gasteiger partial charge in [-0.3, -0.25) is 0 Å². The molecule has 0 radical (unpaired) electrons. The Morgan fingerprint density at radius 1 is 1.15 bits per heavy atom. The van der Waals surface area contributed by atoms with Gasteiger partial charge >= 0.3 is 0 Å². The Morgan fingerprint density at radius 3 is 2.38 bits per heavy atom. The highest BCUT2D eigenvalue weighted by Gasteiger charge is 2.06. The van der Waals surface area contributed by atoms with Gasteiger partial charge in [0, 0.05) is 0 Å². The number of hydrogen-bond donors (Lipinski definition) is 0. The summed E-state index contributed by atoms with van der Waals surface area (Å²) in [6.45, 7) is 4.62. The molecule has 0 aromatic heterocycles. The molecule has 1 atom stereocenters. The van der Waals surface area contributed by atoms with Gasteiger partial charge in [-0.25, -0.2) is 0 Å². The molecule has 1 unspecified atom stereocenters. The molecule has 0 aliphatic rings. The van der Waals surface area contributed by atoms with E-state index in [-0.39, 0.29) is 9.52 Å². The van der Waals surface area contributed by atoms with Crippen LogP contribution in [0.5, 0.6) is 0 Å². The molecule has 0 N–H and O–H groups in total. The van der Waals surface area contributed by atoms with E-state index in [0.29, 0.717) is 0 Å². The van der Waals surface area contributed by atoms with E-state index in [1.165, 1.54) is 19.3 Å². The van der Waals surface area contributed by atoms with Gasteiger partial charge in [-0.05, 0) is 5.54 Å². The first-order chi connectivity index (χ1) is 6.36. The van der Waals surface area contributed by atoms with Crippen molar-refractivity contribution in [2.45, 2.75) is 38.7 Å². The highest BCUT2D eigenvalue weighted by molar-refractivity contribution is 6.54. The van der Waals surface area contributed by atoms with E-state index in [0.717, 1.165) is 5.54 Å². The molecular weight excluding hydrogens is 172 g/mol. The molecule has 0 heterocycles. The van der Waals surface area contributed by atoms with Crippen LogP contribution in [-0.2, 0) is 0 Å². The quantitative estimate of drug-likeness (QED) is 0.629. The molecule has 0 nitrogen and oxygen atoms in total. The van der Waals surface area contributed by atoms with Crippen LogP contribution in [0.2, 0.25) is 5.54 Å². The van der Waals surface area contributed by atoms with E-state index in [9.17, 15) is 0 Å². The van der Waals surface area contributed by atoms with Crippen molar-refractivity contribution in [3.63, 3.8) is 0 Å². The van der Waals surface area contributed by atoms with Crippen molar-refractivity contribution in [3.8, 4) is 0 Å². The lowest BCUT2D eigenvalue weighted by Crippen LogP contribution is -2.18. The van der Waals surface area contributed by atoms with Crippen molar-refractivity contribution >= 4 is 14.7 Å². The van der Waals surface area contributed by atoms with Crippen LogP contribution in [-0.4, -0.2) is 9.52 Å². The monoisotopic (exact) mass is 192 g/mol. The smallest absolute Gasteiger partial charge is 0.0578 e. The van der Waals surface area contributed by atoms with Crippen LogP contribution in [0.3, 0.4) is 0 Å². The van der Waals surface area contributed by atoms with Gasteiger partial charge in [0.25, 0.3) is 0 Å². The van der Waals surface area contributed by atoms with Crippen LogP contribution >= 0.6 is 0 Å². The average molecular weight is 192 g/mol. The summed E-state index contributed by atoms with van der Waals surface area (Å²) >= 11 is 0. The molecule has 0 fully saturated rings. The largest absolute Gasteiger partial charge is 0.0667 e. The minimum absolute atomic E-state index is 0.00844. The second-order valence-electron chi connectivity index (χ2n) is 3.75. The topological polar surface area (TPSA) is 0 Å². The molecule has 0 bridgehead atoms. The van der Waals surface area contributed by atoms with Crippen molar-refractivity contribution in [3.05, 3.63) is 30.3 Å². The van der Waals surface area contributed by atoms with E-state index in [1.807, 2.05) is 0 Å². The molecule has 0 spiro atoms. The van der Waals surface area contributed by atoms with Gasteiger partial charge in [-0.15, -0.1) is 0 Å². The molecule has 1 rings (SSSR count). The lowest BCUT2D eigenvalue weighted by Gasteiger charge is -2.12. The first-order valence-electron chi connectivity index (χ1n) is 5.40. The fourth-order valence-electron chi connectivity index (χ4n) is 1.81. The fourth-order valence-corrected chi connectivity index (χ4v) is 3.92. The minimum Gasteiger partial charge on any atom is -0.0667 e. The third-order valence-corrected chi connectivity index (χ3v) is 5.15. The Balaban J connectivity index is 2.46. The SMILES string of the molecule is CCCC(CC)[SiH2]c1ccccc1. The van der Waals surface area contributed by atoms with E-state index in [2.05, 4.69) is 44.2 Å². The Morgan fingerprint density at radius 2 is 1.85 bits per heavy atom. The highest BCUT2D eigenvalue weighted by Crippen LogP contribution is 2.15. The summed E-state index contributed by atoms with van der Waals surface area (Å²) < 4.78 is 0. The van der Waals surface area contributed by atoms with Crippen molar-refractivity contribution < 1.29 is 0 Å². The van der Waals surface area contributed by atoms with Crippen LogP contribution < -0.4 is 5.19 Å². The minimum atomic E-state index is -0.00844. The lowest BCUT2D eigenvalue weighted by molar-refractivity contribution is 0.696. The molecule has 0 aliphatic heterocycles. The zero-order valence-corrected chi connectivity index (χ0v) is 10.2. The van der Waals surface area contributed by atoms with Crippen molar-refractivity contribution in [1.82, 2.24) is 0 Å². The van der Waals surface area contributed by atoms with Gasteiger partial charge in [0.15, 0.2) is 0 Å². The van der Waals surface area contributed by atoms with Crippen molar-refractivity contribution in [2.75, 3.05) is 0 Å². The van der Waals surface area contributed by atoms with E-state index >= 15 is 0 Å². The standard InChI is InChI=1S/C12H20Si/c1-3-8-11(4-2)13-12-9-6-5-7-10-12/h5-7,9-11H,3-4,8,13H2,1-2H3. The molecular formula is C12H20Si. The molecule has 1 aromatic carbocycles. The predicted molar refractivity (Wildman–Crippen MR) is 63.6 cm³/mol. The van der Waals surface area contributed by atoms with Crippen LogP contribution in [0.4, 0.5) is 0 Å². The summed E-state index contributed by atoms with van der Waals surface area (Å²) in [5.41, 5.74) is 1.02. The van der Waals surface area contributed by atoms with Gasteiger partial charge in [0.05, 0.1) is 9.52 Å². The number of rotatable bonds is 5. The maximum atomic E-state index is 2.33. The van der Waals surface area contributed by atoms with Crippen LogP contribution in [0.1, 0.15) is 33.1 Å². The van der Waals surface area contributed by atoms with Crippen LogP contribution in [0.15, 0.2) is 30.3 Å². The Hall–Kier alpha value is -0.563. The maximum absolute atomic E-state index is 2.33. The van der Waals surface area contributed by atoms with E-state index in [1.54, 1.807) is 5.19 Å². The molecule has 1 heteroatoms. The molecule has 0 aliphatic carbocycles. The Kier molecular flexibility index (Phi) is 4.84. The summed E-state index contributed by atoms with van der Waals surface area (Å²) in [4.78, 5) is 0. The Bertz CT molecular complexity index is 218. The summed E-state index contributed by atoms with van der Waals surface area (Å²) in [5, 5.41) is 1.63. The van der Waals surface area contributed by atoms with Crippen LogP contribution in [0.25, 0.3) is 0 Å². The summed E-state index contributed by atoms with van der Waals surface area (Å²) in [5.74, 6) is 0. The lowest BCUT2D eigenvalue weighted by atomic mass is 10.2. The Labute approximate surface area is 84.2 Å². The zero-order chi connectivity index (χ0) is 9.52. The van der Waals surface area contributed by atoms with Gasteiger partial charge < -0.3 is 0 Å². The molecule has 72 valence electrons. The summed E-state index contributed by atoms with van der Waals surface area (Å²) in [6.07, 6.45) is 4.14. The first-order valence-corrected chi connectivity index (χ1v) is 6.93. The number of benzene rings is 1. The van der Waals surface area contributed by atoms with Crippen molar-refractivity contribution in [2.24, 2.45) is 0 Å². The normalized spacial score (nSPS) is 13.7. The van der Waals surface area contributed by atoms with E-state index < -0.39 is 0 Å². The molecule has 0 saturated carbocycles. The second-order valence-corrected chi connectivity index (χ2v) is 6.13. The summed E-state index contributed by atoms with van der Waals surface area (Å²) in [6, 6.07) is 11.0. The molecule has 0 saturated heterocycles. The van der Waals surface area contributed by atoms with E-state index in [4.69, 9.17) is 0 Å². The second kappa shape index (κ2) is 5.98. The maximum Gasteiger partial charge on any atom is 0.0578 e. The highest BCUT2D eigenvalue weighted by atomic mass is 28.2. The van der Waals surface area contributed by atoms with Gasteiger partial charge in [0.1, 0.15) is 0 Å². The molecule has 1 aromatic rings. The van der Waals surface area contributed by atoms with Gasteiger partial charge in [-0.2, -0.15) is 0 Å². The fraction of sp³-hybridized carbons (Fsp3) is 0.500. The third-order valence-electron chi connectivity index (χ3n) is 2.64. The zero-order valence-electron chi connectivity index (χ0n) is 8.79. The first kappa shape index (κ1) is 10.5. The van der Waals surface area contributed by atoms with Gasteiger partial charge in [-0.1, -0.05) is 68.6 Å². The predicted octanol–water partition coefficient (Wildman–Crippen LogP) is 2.48. The average Bonchev–Trinajstić information content (AvgIpc) is 2.19. The number of hydrogen-bond acceptors (Lipinski definition) is 0. The van der Waals surface area contributed by atoms with Crippen LogP contribution in [0, 0.1) is 0 Å². The molecule has 0 amide bonds. The third kappa shape index (κ3) is 3.77. The molecule has 13 heavy (non-hydrogen) atoms. The van der Waals surface area contributed by atoms with Gasteiger partial charge in [0.2, 0.25) is 0 Å². The summed E-state index contributed by atoms with van der Waals surface area (Å²) in [7, 11) is -0.00844.